The number of hydrogen-bond acceptors (Lipinski definition) is 3. The van der Waals surface area contributed by atoms with Crippen LogP contribution in [0.5, 0.6) is 0 Å². The van der Waals surface area contributed by atoms with Crippen LogP contribution in [0.25, 0.3) is 0 Å². The van der Waals surface area contributed by atoms with Gasteiger partial charge in [-0.2, -0.15) is 0 Å². The van der Waals surface area contributed by atoms with Crippen molar-refractivity contribution in [3.8, 4) is 0 Å². The highest BCUT2D eigenvalue weighted by Crippen LogP contribution is 2.36. The Morgan fingerprint density at radius 3 is 2.65 bits per heavy atom. The van der Waals surface area contributed by atoms with Gasteiger partial charge >= 0.3 is 0 Å². The van der Waals surface area contributed by atoms with Crippen molar-refractivity contribution < 1.29 is 9.59 Å². The summed E-state index contributed by atoms with van der Waals surface area (Å²) in [5, 5.41) is 5.85. The minimum Gasteiger partial charge on any atom is -0.350 e. The van der Waals surface area contributed by atoms with Gasteiger partial charge in [-0.25, -0.2) is 0 Å². The van der Waals surface area contributed by atoms with Gasteiger partial charge in [0, 0.05) is 25.2 Å². The SMILES string of the molecule is CCn1[nH]cc(C(=O)c2cc(C)c3c(c2C)C(NC(C)=O)CCC3)c1=O. The topological polar surface area (TPSA) is 84.0 Å². The Bertz CT molecular complexity index is 937. The summed E-state index contributed by atoms with van der Waals surface area (Å²) in [5.74, 6) is -0.345. The zero-order chi connectivity index (χ0) is 19.0. The third-order valence-corrected chi connectivity index (χ3v) is 5.26. The largest absolute Gasteiger partial charge is 0.350 e. The van der Waals surface area contributed by atoms with Crippen molar-refractivity contribution in [2.24, 2.45) is 0 Å². The number of nitrogens with zero attached hydrogens (tertiary/aromatic N) is 1. The number of amides is 1. The minimum atomic E-state index is -0.300. The fraction of sp³-hybridized carbons (Fsp3) is 0.450. The first kappa shape index (κ1) is 18.2. The van der Waals surface area contributed by atoms with E-state index in [-0.39, 0.29) is 28.9 Å². The quantitative estimate of drug-likeness (QED) is 0.827. The molecule has 1 aliphatic rings. The van der Waals surface area contributed by atoms with Crippen molar-refractivity contribution in [1.29, 1.82) is 0 Å². The number of ketones is 1. The van der Waals surface area contributed by atoms with Gasteiger partial charge in [0.05, 0.1) is 6.04 Å². The van der Waals surface area contributed by atoms with Gasteiger partial charge in [-0.3, -0.25) is 19.1 Å². The second-order valence-corrected chi connectivity index (χ2v) is 6.97. The maximum Gasteiger partial charge on any atom is 0.277 e. The molecule has 26 heavy (non-hydrogen) atoms. The summed E-state index contributed by atoms with van der Waals surface area (Å²) in [6, 6.07) is 1.80. The molecule has 1 amide bonds. The van der Waals surface area contributed by atoms with Crippen LogP contribution in [0.15, 0.2) is 17.1 Å². The third kappa shape index (κ3) is 3.00. The molecule has 1 unspecified atom stereocenters. The number of fused-ring (bicyclic) bond motifs is 1. The predicted octanol–water partition coefficient (Wildman–Crippen LogP) is 2.56. The molecule has 6 heteroatoms. The number of nitrogens with one attached hydrogen (secondary N) is 2. The maximum atomic E-state index is 13.1. The van der Waals surface area contributed by atoms with Crippen molar-refractivity contribution in [1.82, 2.24) is 15.1 Å². The van der Waals surface area contributed by atoms with Gasteiger partial charge in [0.25, 0.3) is 5.56 Å². The molecule has 1 heterocycles. The van der Waals surface area contributed by atoms with Crippen molar-refractivity contribution in [3.05, 3.63) is 56.0 Å². The van der Waals surface area contributed by atoms with E-state index in [1.54, 1.807) is 0 Å². The molecule has 2 aromatic rings. The monoisotopic (exact) mass is 355 g/mol. The second kappa shape index (κ2) is 6.94. The Hall–Kier alpha value is -2.63. The van der Waals surface area contributed by atoms with E-state index in [4.69, 9.17) is 0 Å². The highest BCUT2D eigenvalue weighted by molar-refractivity contribution is 6.10. The number of aromatic amines is 1. The molecule has 6 nitrogen and oxygen atoms in total. The van der Waals surface area contributed by atoms with Crippen LogP contribution in [0.3, 0.4) is 0 Å². The fourth-order valence-electron chi connectivity index (χ4n) is 4.00. The molecule has 0 radical (unpaired) electrons. The van der Waals surface area contributed by atoms with Gasteiger partial charge in [0.1, 0.15) is 5.56 Å². The summed E-state index contributed by atoms with van der Waals surface area (Å²) >= 11 is 0. The number of H-pyrrole nitrogens is 1. The molecule has 0 saturated carbocycles. The van der Waals surface area contributed by atoms with Crippen LogP contribution in [0.2, 0.25) is 0 Å². The Morgan fingerprint density at radius 1 is 1.31 bits per heavy atom. The average Bonchev–Trinajstić information content (AvgIpc) is 2.97. The number of carbonyl (C=O) groups excluding carboxylic acids is 2. The zero-order valence-corrected chi connectivity index (χ0v) is 15.7. The lowest BCUT2D eigenvalue weighted by atomic mass is 9.79. The first-order valence-electron chi connectivity index (χ1n) is 9.08. The van der Waals surface area contributed by atoms with E-state index in [2.05, 4.69) is 10.4 Å². The van der Waals surface area contributed by atoms with Crippen LogP contribution in [-0.2, 0) is 17.8 Å². The Labute approximate surface area is 152 Å². The predicted molar refractivity (Wildman–Crippen MR) is 99.6 cm³/mol. The maximum absolute atomic E-state index is 13.1. The normalized spacial score (nSPS) is 16.2. The highest BCUT2D eigenvalue weighted by atomic mass is 16.2. The standard InChI is InChI=1S/C20H25N3O3/c1-5-23-20(26)16(10-21-23)19(25)15-9-11(2)14-7-6-8-17(22-13(4)24)18(14)12(15)3/h9-10,17,21H,5-8H2,1-4H3,(H,22,24). The molecular weight excluding hydrogens is 330 g/mol. The van der Waals surface area contributed by atoms with E-state index in [1.165, 1.54) is 23.4 Å². The lowest BCUT2D eigenvalue weighted by Gasteiger charge is -2.30. The molecule has 138 valence electrons. The molecule has 1 atom stereocenters. The second-order valence-electron chi connectivity index (χ2n) is 6.97. The molecule has 1 aromatic carbocycles. The van der Waals surface area contributed by atoms with E-state index in [9.17, 15) is 14.4 Å². The van der Waals surface area contributed by atoms with Gasteiger partial charge in [-0.05, 0) is 68.4 Å². The summed E-state index contributed by atoms with van der Waals surface area (Å²) in [4.78, 5) is 37.0. The van der Waals surface area contributed by atoms with Gasteiger partial charge < -0.3 is 10.4 Å². The van der Waals surface area contributed by atoms with E-state index >= 15 is 0 Å². The third-order valence-electron chi connectivity index (χ3n) is 5.26. The van der Waals surface area contributed by atoms with Crippen LogP contribution in [0.4, 0.5) is 0 Å². The van der Waals surface area contributed by atoms with Gasteiger partial charge in [0.15, 0.2) is 5.78 Å². The molecule has 0 aliphatic heterocycles. The Morgan fingerprint density at radius 2 is 2.04 bits per heavy atom. The van der Waals surface area contributed by atoms with Crippen LogP contribution in [0, 0.1) is 13.8 Å². The number of hydrogen-bond donors (Lipinski definition) is 2. The zero-order valence-electron chi connectivity index (χ0n) is 15.7. The average molecular weight is 355 g/mol. The number of carbonyl (C=O) groups is 2. The van der Waals surface area contributed by atoms with Crippen molar-refractivity contribution >= 4 is 11.7 Å². The molecule has 0 saturated heterocycles. The van der Waals surface area contributed by atoms with E-state index < -0.39 is 0 Å². The highest BCUT2D eigenvalue weighted by Gasteiger charge is 2.28. The Balaban J connectivity index is 2.13. The molecule has 0 fully saturated rings. The van der Waals surface area contributed by atoms with Gasteiger partial charge in [0.2, 0.25) is 5.91 Å². The number of benzene rings is 1. The van der Waals surface area contributed by atoms with Crippen molar-refractivity contribution in [2.45, 2.75) is 59.5 Å². The van der Waals surface area contributed by atoms with Crippen LogP contribution < -0.4 is 10.9 Å². The number of aryl methyl sites for hydroxylation is 2. The van der Waals surface area contributed by atoms with E-state index in [1.807, 2.05) is 26.8 Å². The van der Waals surface area contributed by atoms with Crippen LogP contribution >= 0.6 is 0 Å². The van der Waals surface area contributed by atoms with Crippen molar-refractivity contribution in [2.75, 3.05) is 0 Å². The summed E-state index contributed by atoms with van der Waals surface area (Å²) in [6.07, 6.45) is 4.29. The molecule has 2 N–H and O–H groups in total. The molecule has 0 spiro atoms. The van der Waals surface area contributed by atoms with Crippen LogP contribution in [-0.4, -0.2) is 21.5 Å². The van der Waals surface area contributed by atoms with Gasteiger partial charge in [-0.15, -0.1) is 0 Å². The molecule has 3 rings (SSSR count). The first-order valence-corrected chi connectivity index (χ1v) is 9.08. The smallest absolute Gasteiger partial charge is 0.277 e. The summed E-state index contributed by atoms with van der Waals surface area (Å²) in [5.41, 5.74) is 4.54. The van der Waals surface area contributed by atoms with Crippen molar-refractivity contribution in [3.63, 3.8) is 0 Å². The fourth-order valence-corrected chi connectivity index (χ4v) is 4.00. The first-order chi connectivity index (χ1) is 12.3. The minimum absolute atomic E-state index is 0.0758. The lowest BCUT2D eigenvalue weighted by Crippen LogP contribution is -2.31. The van der Waals surface area contributed by atoms with E-state index in [0.717, 1.165) is 36.0 Å². The Kier molecular flexibility index (Phi) is 4.85. The molecule has 1 aromatic heterocycles. The number of aromatic nitrogens is 2. The lowest BCUT2D eigenvalue weighted by molar-refractivity contribution is -0.119. The van der Waals surface area contributed by atoms with E-state index in [0.29, 0.717) is 12.1 Å². The summed E-state index contributed by atoms with van der Waals surface area (Å²) < 4.78 is 1.41. The molecular formula is C20H25N3O3. The summed E-state index contributed by atoms with van der Waals surface area (Å²) in [6.45, 7) is 7.75. The summed E-state index contributed by atoms with van der Waals surface area (Å²) in [7, 11) is 0. The molecule has 0 bridgehead atoms. The van der Waals surface area contributed by atoms with Crippen LogP contribution in [0.1, 0.15) is 70.9 Å². The molecule has 1 aliphatic carbocycles. The van der Waals surface area contributed by atoms with Gasteiger partial charge in [-0.1, -0.05) is 0 Å². The number of rotatable bonds is 4.